The summed E-state index contributed by atoms with van der Waals surface area (Å²) >= 11 is 0. The second kappa shape index (κ2) is 8.79. The minimum Gasteiger partial charge on any atom is -0.495 e. The molecule has 2 aromatic carbocycles. The van der Waals surface area contributed by atoms with E-state index in [9.17, 15) is 18.0 Å². The van der Waals surface area contributed by atoms with Crippen LogP contribution < -0.4 is 19.1 Å². The molecule has 1 N–H and O–H groups in total. The van der Waals surface area contributed by atoms with E-state index in [1.807, 2.05) is 38.1 Å². The van der Waals surface area contributed by atoms with Crippen LogP contribution in [-0.4, -0.2) is 32.9 Å². The van der Waals surface area contributed by atoms with Crippen LogP contribution in [0.25, 0.3) is 0 Å². The number of methoxy groups -OCH3 is 1. The minimum absolute atomic E-state index is 0.0478. The number of para-hydroxylation sites is 1. The Hall–Kier alpha value is -2.91. The highest BCUT2D eigenvalue weighted by atomic mass is 32.2. The van der Waals surface area contributed by atoms with Gasteiger partial charge in [-0.05, 0) is 37.1 Å². The van der Waals surface area contributed by atoms with Gasteiger partial charge < -0.3 is 9.47 Å². The number of carbonyl (C=O) groups is 2. The van der Waals surface area contributed by atoms with Crippen LogP contribution in [0.1, 0.15) is 57.6 Å². The smallest absolute Gasteiger partial charge is 0.241 e. The fourth-order valence-corrected chi connectivity index (χ4v) is 5.75. The Labute approximate surface area is 193 Å². The summed E-state index contributed by atoms with van der Waals surface area (Å²) in [6.07, 6.45) is 2.14. The van der Waals surface area contributed by atoms with E-state index < -0.39 is 21.7 Å². The van der Waals surface area contributed by atoms with Crippen molar-refractivity contribution in [1.29, 1.82) is 0 Å². The van der Waals surface area contributed by atoms with Gasteiger partial charge in [0.15, 0.2) is 0 Å². The van der Waals surface area contributed by atoms with Gasteiger partial charge in [-0.2, -0.15) is 0 Å². The molecular formula is C24H28N2O6S. The monoisotopic (exact) mass is 472 g/mol. The Morgan fingerprint density at radius 1 is 1.09 bits per heavy atom. The third-order valence-electron chi connectivity index (χ3n) is 6.54. The summed E-state index contributed by atoms with van der Waals surface area (Å²) in [6.45, 7) is 4.06. The molecule has 0 saturated carbocycles. The van der Waals surface area contributed by atoms with Crippen molar-refractivity contribution in [1.82, 2.24) is 4.72 Å². The number of anilines is 1. The number of rotatable bonds is 7. The maximum atomic E-state index is 13.4. The third-order valence-corrected chi connectivity index (χ3v) is 8.01. The lowest BCUT2D eigenvalue weighted by Crippen LogP contribution is -2.44. The highest BCUT2D eigenvalue weighted by Gasteiger charge is 2.40. The van der Waals surface area contributed by atoms with Crippen molar-refractivity contribution in [3.63, 3.8) is 0 Å². The number of amides is 2. The zero-order valence-corrected chi connectivity index (χ0v) is 19.8. The van der Waals surface area contributed by atoms with E-state index in [1.165, 1.54) is 25.3 Å². The molecule has 176 valence electrons. The van der Waals surface area contributed by atoms with Gasteiger partial charge in [0.05, 0.1) is 23.7 Å². The van der Waals surface area contributed by atoms with E-state index in [-0.39, 0.29) is 41.0 Å². The number of nitrogens with one attached hydrogen (secondary N) is 1. The highest BCUT2D eigenvalue weighted by Crippen LogP contribution is 2.43. The van der Waals surface area contributed by atoms with Crippen molar-refractivity contribution in [2.75, 3.05) is 12.0 Å². The van der Waals surface area contributed by atoms with Gasteiger partial charge in [0.1, 0.15) is 17.1 Å². The first-order chi connectivity index (χ1) is 15.7. The maximum Gasteiger partial charge on any atom is 0.241 e. The summed E-state index contributed by atoms with van der Waals surface area (Å²) in [5.41, 5.74) is 0.440. The van der Waals surface area contributed by atoms with Gasteiger partial charge in [0.25, 0.3) is 0 Å². The quantitative estimate of drug-likeness (QED) is 0.617. The van der Waals surface area contributed by atoms with Crippen LogP contribution in [0.2, 0.25) is 0 Å². The van der Waals surface area contributed by atoms with Crippen molar-refractivity contribution < 1.29 is 27.5 Å². The molecule has 1 atom stereocenters. The predicted molar refractivity (Wildman–Crippen MR) is 123 cm³/mol. The molecule has 2 heterocycles. The third kappa shape index (κ3) is 4.22. The predicted octanol–water partition coefficient (Wildman–Crippen LogP) is 3.71. The molecule has 2 aliphatic heterocycles. The average Bonchev–Trinajstić information content (AvgIpc) is 3.15. The van der Waals surface area contributed by atoms with Crippen LogP contribution in [0, 0.1) is 0 Å². The standard InChI is InChI=1S/C24H28N2O6S/c1-4-24(5-2)15-18(17-8-6-7-9-20(17)32-24)25-33(29,30)16-10-11-21(31-3)19(14-16)26-22(27)12-13-23(26)28/h6-11,14,18,25H,4-5,12-13,15H2,1-3H3. The molecule has 1 unspecified atom stereocenters. The first-order valence-electron chi connectivity index (χ1n) is 11.1. The fourth-order valence-electron chi connectivity index (χ4n) is 4.52. The van der Waals surface area contributed by atoms with E-state index in [0.717, 1.165) is 23.3 Å². The molecule has 0 aromatic heterocycles. The molecular weight excluding hydrogens is 444 g/mol. The van der Waals surface area contributed by atoms with Crippen molar-refractivity contribution in [3.05, 3.63) is 48.0 Å². The number of hydrogen-bond donors (Lipinski definition) is 1. The highest BCUT2D eigenvalue weighted by molar-refractivity contribution is 7.89. The number of nitrogens with zero attached hydrogens (tertiary/aromatic N) is 1. The Balaban J connectivity index is 1.71. The molecule has 0 aliphatic carbocycles. The SMILES string of the molecule is CCC1(CC)CC(NS(=O)(=O)c2ccc(OC)c(N3C(=O)CCC3=O)c2)c2ccccc2O1. The number of imide groups is 1. The molecule has 0 radical (unpaired) electrons. The second-order valence-corrected chi connectivity index (χ2v) is 10.1. The van der Waals surface area contributed by atoms with Gasteiger partial charge >= 0.3 is 0 Å². The molecule has 0 bridgehead atoms. The van der Waals surface area contributed by atoms with Gasteiger partial charge in [-0.1, -0.05) is 32.0 Å². The molecule has 1 fully saturated rings. The molecule has 2 aromatic rings. The van der Waals surface area contributed by atoms with Crippen LogP contribution in [0.3, 0.4) is 0 Å². The first-order valence-corrected chi connectivity index (χ1v) is 12.6. The van der Waals surface area contributed by atoms with Crippen LogP contribution in [-0.2, 0) is 19.6 Å². The molecule has 4 rings (SSSR count). The molecule has 9 heteroatoms. The fraction of sp³-hybridized carbons (Fsp3) is 0.417. The number of sulfonamides is 1. The van der Waals surface area contributed by atoms with E-state index in [4.69, 9.17) is 9.47 Å². The van der Waals surface area contributed by atoms with Crippen molar-refractivity contribution in [3.8, 4) is 11.5 Å². The summed E-state index contributed by atoms with van der Waals surface area (Å²) < 4.78 is 41.3. The van der Waals surface area contributed by atoms with Gasteiger partial charge in [0, 0.05) is 24.8 Å². The zero-order valence-electron chi connectivity index (χ0n) is 19.0. The van der Waals surface area contributed by atoms with Crippen LogP contribution in [0.5, 0.6) is 11.5 Å². The molecule has 0 spiro atoms. The summed E-state index contributed by atoms with van der Waals surface area (Å²) in [4.78, 5) is 25.5. The van der Waals surface area contributed by atoms with Crippen molar-refractivity contribution in [2.24, 2.45) is 0 Å². The van der Waals surface area contributed by atoms with E-state index >= 15 is 0 Å². The number of hydrogen-bond acceptors (Lipinski definition) is 6. The summed E-state index contributed by atoms with van der Waals surface area (Å²) in [5, 5.41) is 0. The minimum atomic E-state index is -3.99. The second-order valence-electron chi connectivity index (χ2n) is 8.36. The van der Waals surface area contributed by atoms with E-state index in [1.54, 1.807) is 0 Å². The Morgan fingerprint density at radius 2 is 1.76 bits per heavy atom. The number of ether oxygens (including phenoxy) is 2. The normalized spacial score (nSPS) is 19.8. The summed E-state index contributed by atoms with van der Waals surface area (Å²) in [5.74, 6) is 0.165. The van der Waals surface area contributed by atoms with Crippen molar-refractivity contribution >= 4 is 27.5 Å². The lowest BCUT2D eigenvalue weighted by atomic mass is 9.84. The zero-order chi connectivity index (χ0) is 23.8. The summed E-state index contributed by atoms with van der Waals surface area (Å²) in [6, 6.07) is 11.1. The Kier molecular flexibility index (Phi) is 6.20. The Bertz CT molecular complexity index is 1170. The lowest BCUT2D eigenvalue weighted by Gasteiger charge is -2.41. The van der Waals surface area contributed by atoms with Gasteiger partial charge in [-0.3, -0.25) is 9.59 Å². The molecule has 8 nitrogen and oxygen atoms in total. The topological polar surface area (TPSA) is 102 Å². The maximum absolute atomic E-state index is 13.4. The molecule has 1 saturated heterocycles. The largest absolute Gasteiger partial charge is 0.495 e. The average molecular weight is 473 g/mol. The summed E-state index contributed by atoms with van der Waals surface area (Å²) in [7, 11) is -2.58. The molecule has 2 aliphatic rings. The molecule has 33 heavy (non-hydrogen) atoms. The van der Waals surface area contributed by atoms with Gasteiger partial charge in [-0.25, -0.2) is 18.0 Å². The van der Waals surface area contributed by atoms with E-state index in [2.05, 4.69) is 4.72 Å². The number of fused-ring (bicyclic) bond motifs is 1. The van der Waals surface area contributed by atoms with Crippen LogP contribution >= 0.6 is 0 Å². The Morgan fingerprint density at radius 3 is 2.39 bits per heavy atom. The van der Waals surface area contributed by atoms with E-state index in [0.29, 0.717) is 12.2 Å². The van der Waals surface area contributed by atoms with Crippen LogP contribution in [0.4, 0.5) is 5.69 Å². The van der Waals surface area contributed by atoms with Gasteiger partial charge in [-0.15, -0.1) is 0 Å². The number of carbonyl (C=O) groups excluding carboxylic acids is 2. The first kappa shape index (κ1) is 23.3. The van der Waals surface area contributed by atoms with Crippen molar-refractivity contribution in [2.45, 2.75) is 62.5 Å². The lowest BCUT2D eigenvalue weighted by molar-refractivity contribution is -0.121. The number of benzene rings is 2. The van der Waals surface area contributed by atoms with Crippen LogP contribution in [0.15, 0.2) is 47.4 Å². The van der Waals surface area contributed by atoms with Gasteiger partial charge in [0.2, 0.25) is 21.8 Å². The molecule has 2 amide bonds.